The van der Waals surface area contributed by atoms with E-state index in [4.69, 9.17) is 4.74 Å². The van der Waals surface area contributed by atoms with Gasteiger partial charge in [-0.3, -0.25) is 9.59 Å². The molecule has 0 radical (unpaired) electrons. The molecule has 1 unspecified atom stereocenters. The molecule has 0 bridgehead atoms. The standard InChI is InChI=1S/C26H27NO4S/c1-16(2)31-14-7-13-27-22(25-17(3)12-15-32-25)21(24(29)26(27)30)23(28)20-11-6-9-18-8-4-5-10-19(18)20/h4-6,8-12,15-16,22,28H,7,13-14H2,1-3H3/b23-21+. The molecular weight excluding hydrogens is 422 g/mol. The van der Waals surface area contributed by atoms with Crippen molar-refractivity contribution < 1.29 is 19.4 Å². The third-order valence-electron chi connectivity index (χ3n) is 5.73. The Kier molecular flexibility index (Phi) is 6.44. The van der Waals surface area contributed by atoms with Crippen LogP contribution in [-0.2, 0) is 14.3 Å². The number of benzene rings is 2. The Morgan fingerprint density at radius 2 is 1.88 bits per heavy atom. The van der Waals surface area contributed by atoms with E-state index in [2.05, 4.69) is 0 Å². The molecule has 1 aliphatic heterocycles. The molecule has 2 aromatic carbocycles. The predicted molar refractivity (Wildman–Crippen MR) is 128 cm³/mol. The number of ketones is 1. The van der Waals surface area contributed by atoms with Crippen LogP contribution in [0.5, 0.6) is 0 Å². The van der Waals surface area contributed by atoms with E-state index in [0.29, 0.717) is 25.1 Å². The highest BCUT2D eigenvalue weighted by atomic mass is 32.1. The van der Waals surface area contributed by atoms with Gasteiger partial charge in [-0.1, -0.05) is 42.5 Å². The number of thiophene rings is 1. The minimum Gasteiger partial charge on any atom is -0.507 e. The van der Waals surface area contributed by atoms with Gasteiger partial charge in [0.15, 0.2) is 0 Å². The topological polar surface area (TPSA) is 66.8 Å². The summed E-state index contributed by atoms with van der Waals surface area (Å²) in [5, 5.41) is 15.1. The van der Waals surface area contributed by atoms with E-state index < -0.39 is 17.7 Å². The molecule has 3 aromatic rings. The van der Waals surface area contributed by atoms with Crippen LogP contribution in [0.25, 0.3) is 16.5 Å². The van der Waals surface area contributed by atoms with Gasteiger partial charge in [-0.05, 0) is 55.0 Å². The second kappa shape index (κ2) is 9.27. The van der Waals surface area contributed by atoms with E-state index in [0.717, 1.165) is 21.2 Å². The number of hydrogen-bond donors (Lipinski definition) is 1. The summed E-state index contributed by atoms with van der Waals surface area (Å²) in [5.41, 5.74) is 1.71. The molecule has 6 heteroatoms. The highest BCUT2D eigenvalue weighted by molar-refractivity contribution is 7.10. The molecule has 4 rings (SSSR count). The van der Waals surface area contributed by atoms with Crippen molar-refractivity contribution in [1.82, 2.24) is 4.90 Å². The Balaban J connectivity index is 1.81. The lowest BCUT2D eigenvalue weighted by Crippen LogP contribution is -2.31. The van der Waals surface area contributed by atoms with Gasteiger partial charge in [-0.15, -0.1) is 11.3 Å². The summed E-state index contributed by atoms with van der Waals surface area (Å²) in [5.74, 6) is -1.34. The Morgan fingerprint density at radius 3 is 2.59 bits per heavy atom. The van der Waals surface area contributed by atoms with Crippen molar-refractivity contribution in [2.75, 3.05) is 13.2 Å². The average Bonchev–Trinajstić information content (AvgIpc) is 3.31. The summed E-state index contributed by atoms with van der Waals surface area (Å²) in [4.78, 5) is 28.7. The Labute approximate surface area is 191 Å². The number of ether oxygens (including phenoxy) is 1. The fraction of sp³-hybridized carbons (Fsp3) is 0.308. The molecular formula is C26H27NO4S. The third-order valence-corrected chi connectivity index (χ3v) is 6.80. The summed E-state index contributed by atoms with van der Waals surface area (Å²) in [6, 6.07) is 14.7. The fourth-order valence-electron chi connectivity index (χ4n) is 4.18. The van der Waals surface area contributed by atoms with Crippen LogP contribution < -0.4 is 0 Å². The second-order valence-corrected chi connectivity index (χ2v) is 9.21. The van der Waals surface area contributed by atoms with Gasteiger partial charge in [0.2, 0.25) is 0 Å². The van der Waals surface area contributed by atoms with Crippen molar-refractivity contribution in [1.29, 1.82) is 0 Å². The molecule has 1 N–H and O–H groups in total. The number of Topliss-reactive ketones (excluding diaryl/α,β-unsaturated/α-hetero) is 1. The first-order chi connectivity index (χ1) is 15.4. The average molecular weight is 450 g/mol. The zero-order valence-corrected chi connectivity index (χ0v) is 19.3. The van der Waals surface area contributed by atoms with Crippen LogP contribution in [0.15, 0.2) is 59.5 Å². The number of fused-ring (bicyclic) bond motifs is 1. The molecule has 5 nitrogen and oxygen atoms in total. The molecule has 1 fully saturated rings. The van der Waals surface area contributed by atoms with Crippen molar-refractivity contribution in [3.63, 3.8) is 0 Å². The number of rotatable bonds is 7. The first kappa shape index (κ1) is 22.2. The van der Waals surface area contributed by atoms with Crippen molar-refractivity contribution in [2.45, 2.75) is 39.3 Å². The minimum absolute atomic E-state index is 0.104. The normalized spacial score (nSPS) is 18.2. The minimum atomic E-state index is -0.641. The number of aliphatic hydroxyl groups is 1. The Bertz CT molecular complexity index is 1190. The molecule has 0 saturated carbocycles. The lowest BCUT2D eigenvalue weighted by Gasteiger charge is -2.25. The molecule has 0 spiro atoms. The maximum atomic E-state index is 13.2. The van der Waals surface area contributed by atoms with E-state index in [1.54, 1.807) is 11.0 Å². The maximum absolute atomic E-state index is 13.2. The summed E-state index contributed by atoms with van der Waals surface area (Å²) in [6.07, 6.45) is 0.715. The molecule has 32 heavy (non-hydrogen) atoms. The van der Waals surface area contributed by atoms with Gasteiger partial charge >= 0.3 is 0 Å². The van der Waals surface area contributed by atoms with Crippen LogP contribution >= 0.6 is 11.3 Å². The molecule has 2 heterocycles. The van der Waals surface area contributed by atoms with Crippen molar-refractivity contribution in [3.05, 3.63) is 75.5 Å². The van der Waals surface area contributed by atoms with Gasteiger partial charge in [-0.25, -0.2) is 0 Å². The molecule has 1 atom stereocenters. The highest BCUT2D eigenvalue weighted by Gasteiger charge is 2.46. The summed E-state index contributed by atoms with van der Waals surface area (Å²) in [7, 11) is 0. The van der Waals surface area contributed by atoms with Crippen LogP contribution in [0.3, 0.4) is 0 Å². The van der Waals surface area contributed by atoms with Crippen molar-refractivity contribution >= 4 is 39.6 Å². The maximum Gasteiger partial charge on any atom is 0.295 e. The van der Waals surface area contributed by atoms with E-state index in [9.17, 15) is 14.7 Å². The number of carbonyl (C=O) groups excluding carboxylic acids is 2. The number of carbonyl (C=O) groups is 2. The zero-order chi connectivity index (χ0) is 22.8. The van der Waals surface area contributed by atoms with Crippen LogP contribution in [0.1, 0.15) is 42.3 Å². The molecule has 0 aliphatic carbocycles. The van der Waals surface area contributed by atoms with Crippen LogP contribution in [-0.4, -0.2) is 41.0 Å². The number of likely N-dealkylation sites (tertiary alicyclic amines) is 1. The fourth-order valence-corrected chi connectivity index (χ4v) is 5.23. The number of nitrogens with zero attached hydrogens (tertiary/aromatic N) is 1. The molecule has 1 aromatic heterocycles. The van der Waals surface area contributed by atoms with Crippen LogP contribution in [0.4, 0.5) is 0 Å². The predicted octanol–water partition coefficient (Wildman–Crippen LogP) is 5.45. The van der Waals surface area contributed by atoms with Crippen molar-refractivity contribution in [2.24, 2.45) is 0 Å². The Hall–Kier alpha value is -2.96. The molecule has 1 saturated heterocycles. The first-order valence-electron chi connectivity index (χ1n) is 10.8. The van der Waals surface area contributed by atoms with Crippen LogP contribution in [0.2, 0.25) is 0 Å². The quantitative estimate of drug-likeness (QED) is 0.226. The molecule has 1 aliphatic rings. The molecule has 166 valence electrons. The van der Waals surface area contributed by atoms with Gasteiger partial charge in [0.1, 0.15) is 5.76 Å². The van der Waals surface area contributed by atoms with E-state index in [-0.39, 0.29) is 17.4 Å². The number of amides is 1. The van der Waals surface area contributed by atoms with Gasteiger partial charge in [0, 0.05) is 23.6 Å². The van der Waals surface area contributed by atoms with Gasteiger partial charge in [0.25, 0.3) is 11.7 Å². The SMILES string of the molecule is Cc1ccsc1C1/C(=C(\O)c2cccc3ccccc23)C(=O)C(=O)N1CCCOC(C)C. The number of aliphatic hydroxyl groups excluding tert-OH is 1. The summed E-state index contributed by atoms with van der Waals surface area (Å²) in [6.45, 7) is 6.77. The van der Waals surface area contributed by atoms with E-state index >= 15 is 0 Å². The van der Waals surface area contributed by atoms with Crippen LogP contribution in [0, 0.1) is 6.92 Å². The van der Waals surface area contributed by atoms with Gasteiger partial charge in [-0.2, -0.15) is 0 Å². The van der Waals surface area contributed by atoms with E-state index in [1.807, 2.05) is 68.6 Å². The first-order valence-corrected chi connectivity index (χ1v) is 11.7. The van der Waals surface area contributed by atoms with Gasteiger partial charge in [0.05, 0.1) is 17.7 Å². The second-order valence-electron chi connectivity index (χ2n) is 8.26. The van der Waals surface area contributed by atoms with Crippen molar-refractivity contribution in [3.8, 4) is 0 Å². The van der Waals surface area contributed by atoms with E-state index in [1.165, 1.54) is 11.3 Å². The smallest absolute Gasteiger partial charge is 0.295 e. The zero-order valence-electron chi connectivity index (χ0n) is 18.5. The van der Waals surface area contributed by atoms with Gasteiger partial charge < -0.3 is 14.7 Å². The Morgan fingerprint density at radius 1 is 1.12 bits per heavy atom. The highest BCUT2D eigenvalue weighted by Crippen LogP contribution is 2.43. The largest absolute Gasteiger partial charge is 0.507 e. The summed E-state index contributed by atoms with van der Waals surface area (Å²) >= 11 is 1.50. The molecule has 1 amide bonds. The number of hydrogen-bond acceptors (Lipinski definition) is 5. The number of aryl methyl sites for hydroxylation is 1. The summed E-state index contributed by atoms with van der Waals surface area (Å²) < 4.78 is 5.62. The monoisotopic (exact) mass is 449 g/mol. The lowest BCUT2D eigenvalue weighted by molar-refractivity contribution is -0.140. The lowest BCUT2D eigenvalue weighted by atomic mass is 9.95. The third kappa shape index (κ3) is 4.08.